The Kier molecular flexibility index (Phi) is 4.30. The third kappa shape index (κ3) is 3.62. The number of carbonyl (C=O) groups is 1. The molecule has 0 fully saturated rings. The normalized spacial score (nSPS) is 11.1. The maximum Gasteiger partial charge on any atom is 0.417 e. The Hall–Kier alpha value is -2.97. The predicted molar refractivity (Wildman–Crippen MR) is 72.5 cm³/mol. The summed E-state index contributed by atoms with van der Waals surface area (Å²) in [6.45, 7) is 0. The van der Waals surface area contributed by atoms with Gasteiger partial charge in [-0.25, -0.2) is 4.39 Å². The highest BCUT2D eigenvalue weighted by Gasteiger charge is 2.35. The van der Waals surface area contributed by atoms with Crippen LogP contribution in [0.3, 0.4) is 0 Å². The summed E-state index contributed by atoms with van der Waals surface area (Å²) in [5.41, 5.74) is -3.00. The molecule has 0 saturated heterocycles. The fraction of sp³-hybridized carbons (Fsp3) is 0.0714. The maximum atomic E-state index is 13.6. The summed E-state index contributed by atoms with van der Waals surface area (Å²) in [4.78, 5) is 21.8. The first-order chi connectivity index (χ1) is 10.7. The van der Waals surface area contributed by atoms with E-state index in [2.05, 4.69) is 0 Å². The number of nitro groups is 1. The molecular weight excluding hydrogens is 320 g/mol. The van der Waals surface area contributed by atoms with Crippen molar-refractivity contribution in [2.45, 2.75) is 6.18 Å². The first-order valence-electron chi connectivity index (χ1n) is 6.11. The molecule has 0 aliphatic rings. The van der Waals surface area contributed by atoms with E-state index in [1.807, 2.05) is 5.32 Å². The van der Waals surface area contributed by atoms with Gasteiger partial charge >= 0.3 is 6.18 Å². The lowest BCUT2D eigenvalue weighted by molar-refractivity contribution is -0.384. The molecule has 2 rings (SSSR count). The summed E-state index contributed by atoms with van der Waals surface area (Å²) < 4.78 is 52.1. The number of nitrogens with one attached hydrogen (secondary N) is 1. The molecule has 0 saturated carbocycles. The van der Waals surface area contributed by atoms with Crippen LogP contribution in [0.2, 0.25) is 0 Å². The number of nitrogens with zero attached hydrogens (tertiary/aromatic N) is 1. The molecule has 0 atom stereocenters. The smallest absolute Gasteiger partial charge is 0.319 e. The molecule has 0 heterocycles. The van der Waals surface area contributed by atoms with Crippen molar-refractivity contribution in [1.82, 2.24) is 0 Å². The van der Waals surface area contributed by atoms with Crippen LogP contribution < -0.4 is 5.32 Å². The Labute approximate surface area is 126 Å². The molecule has 2 aromatic rings. The van der Waals surface area contributed by atoms with E-state index in [1.54, 1.807) is 0 Å². The maximum absolute atomic E-state index is 13.6. The van der Waals surface area contributed by atoms with E-state index in [-0.39, 0.29) is 0 Å². The first-order valence-corrected chi connectivity index (χ1v) is 6.11. The molecule has 1 amide bonds. The van der Waals surface area contributed by atoms with E-state index in [9.17, 15) is 32.5 Å². The number of rotatable bonds is 3. The molecule has 2 aromatic carbocycles. The summed E-state index contributed by atoms with van der Waals surface area (Å²) in [6, 6.07) is 6.29. The van der Waals surface area contributed by atoms with Gasteiger partial charge in [0.1, 0.15) is 5.82 Å². The highest BCUT2D eigenvalue weighted by Crippen LogP contribution is 2.32. The fourth-order valence-corrected chi connectivity index (χ4v) is 1.84. The molecule has 0 aromatic heterocycles. The molecule has 9 heteroatoms. The van der Waals surface area contributed by atoms with Crippen LogP contribution in [0.1, 0.15) is 15.9 Å². The molecule has 0 spiro atoms. The minimum atomic E-state index is -4.77. The van der Waals surface area contributed by atoms with Crippen molar-refractivity contribution in [3.05, 3.63) is 69.5 Å². The fourth-order valence-electron chi connectivity index (χ4n) is 1.84. The van der Waals surface area contributed by atoms with Crippen LogP contribution in [0.5, 0.6) is 0 Å². The van der Waals surface area contributed by atoms with Crippen molar-refractivity contribution in [1.29, 1.82) is 0 Å². The van der Waals surface area contributed by atoms with Gasteiger partial charge in [0.25, 0.3) is 11.6 Å². The molecule has 0 unspecified atom stereocenters. The van der Waals surface area contributed by atoms with Crippen LogP contribution >= 0.6 is 0 Å². The zero-order valence-corrected chi connectivity index (χ0v) is 11.2. The summed E-state index contributed by atoms with van der Waals surface area (Å²) in [7, 11) is 0. The van der Waals surface area contributed by atoms with Crippen molar-refractivity contribution in [3.8, 4) is 0 Å². The van der Waals surface area contributed by atoms with Crippen molar-refractivity contribution < 1.29 is 27.3 Å². The second-order valence-electron chi connectivity index (χ2n) is 4.42. The van der Waals surface area contributed by atoms with Gasteiger partial charge in [0.05, 0.1) is 21.7 Å². The molecule has 0 radical (unpaired) electrons. The minimum absolute atomic E-state index is 0.509. The number of hydrogen-bond donors (Lipinski definition) is 1. The second-order valence-corrected chi connectivity index (χ2v) is 4.42. The predicted octanol–water partition coefficient (Wildman–Crippen LogP) is 4.01. The molecule has 0 aliphatic carbocycles. The molecule has 23 heavy (non-hydrogen) atoms. The van der Waals surface area contributed by atoms with Crippen molar-refractivity contribution in [2.24, 2.45) is 0 Å². The number of anilines is 1. The lowest BCUT2D eigenvalue weighted by Gasteiger charge is -2.12. The Morgan fingerprint density at radius 3 is 2.39 bits per heavy atom. The number of amides is 1. The third-order valence-corrected chi connectivity index (χ3v) is 2.89. The standard InChI is InChI=1S/C14H8F4N2O3/c15-11-6-5-8(20(22)23)7-12(11)19-13(21)9-3-1-2-4-10(9)14(16,17)18/h1-7H,(H,19,21). The van der Waals surface area contributed by atoms with Crippen LogP contribution in [0.15, 0.2) is 42.5 Å². The highest BCUT2D eigenvalue weighted by atomic mass is 19.4. The summed E-state index contributed by atoms with van der Waals surface area (Å²) >= 11 is 0. The zero-order valence-electron chi connectivity index (χ0n) is 11.2. The molecule has 1 N–H and O–H groups in total. The van der Waals surface area contributed by atoms with Gasteiger partial charge in [-0.2, -0.15) is 13.2 Å². The summed E-state index contributed by atoms with van der Waals surface area (Å²) in [5, 5.41) is 12.5. The molecule has 0 bridgehead atoms. The Morgan fingerprint density at radius 1 is 1.13 bits per heavy atom. The summed E-state index contributed by atoms with van der Waals surface area (Å²) in [5.74, 6) is -2.23. The van der Waals surface area contributed by atoms with Crippen molar-refractivity contribution in [3.63, 3.8) is 0 Å². The van der Waals surface area contributed by atoms with Gasteiger partial charge in [-0.3, -0.25) is 14.9 Å². The quantitative estimate of drug-likeness (QED) is 0.526. The van der Waals surface area contributed by atoms with E-state index in [1.165, 1.54) is 6.07 Å². The molecule has 0 aliphatic heterocycles. The molecular formula is C14H8F4N2O3. The van der Waals surface area contributed by atoms with Gasteiger partial charge in [0.15, 0.2) is 0 Å². The van der Waals surface area contributed by atoms with Crippen LogP contribution in [0, 0.1) is 15.9 Å². The number of benzene rings is 2. The molecule has 5 nitrogen and oxygen atoms in total. The average molecular weight is 328 g/mol. The minimum Gasteiger partial charge on any atom is -0.319 e. The van der Waals surface area contributed by atoms with E-state index in [0.29, 0.717) is 6.07 Å². The molecule has 120 valence electrons. The highest BCUT2D eigenvalue weighted by molar-refractivity contribution is 6.05. The van der Waals surface area contributed by atoms with Gasteiger partial charge in [0.2, 0.25) is 0 Å². The number of non-ortho nitro benzene ring substituents is 1. The average Bonchev–Trinajstić information content (AvgIpc) is 2.48. The van der Waals surface area contributed by atoms with E-state index < -0.39 is 45.3 Å². The summed E-state index contributed by atoms with van der Waals surface area (Å²) in [6.07, 6.45) is -4.77. The van der Waals surface area contributed by atoms with Crippen molar-refractivity contribution >= 4 is 17.3 Å². The topological polar surface area (TPSA) is 72.2 Å². The van der Waals surface area contributed by atoms with Crippen LogP contribution in [0.25, 0.3) is 0 Å². The van der Waals surface area contributed by atoms with Crippen molar-refractivity contribution in [2.75, 3.05) is 5.32 Å². The SMILES string of the molecule is O=C(Nc1cc([N+](=O)[O-])ccc1F)c1ccccc1C(F)(F)F. The van der Waals surface area contributed by atoms with Gasteiger partial charge in [-0.15, -0.1) is 0 Å². The van der Waals surface area contributed by atoms with E-state index in [4.69, 9.17) is 0 Å². The zero-order chi connectivity index (χ0) is 17.2. The first kappa shape index (κ1) is 16.4. The lowest BCUT2D eigenvalue weighted by Crippen LogP contribution is -2.19. The largest absolute Gasteiger partial charge is 0.417 e. The number of hydrogen-bond acceptors (Lipinski definition) is 3. The van der Waals surface area contributed by atoms with Crippen LogP contribution in [-0.4, -0.2) is 10.8 Å². The number of halogens is 4. The van der Waals surface area contributed by atoms with Gasteiger partial charge in [-0.05, 0) is 18.2 Å². The van der Waals surface area contributed by atoms with Gasteiger partial charge < -0.3 is 5.32 Å². The number of nitro benzene ring substituents is 1. The van der Waals surface area contributed by atoms with Gasteiger partial charge in [-0.1, -0.05) is 12.1 Å². The monoisotopic (exact) mass is 328 g/mol. The van der Waals surface area contributed by atoms with Gasteiger partial charge in [0, 0.05) is 12.1 Å². The Morgan fingerprint density at radius 2 is 1.78 bits per heavy atom. The Balaban J connectivity index is 2.38. The second kappa shape index (κ2) is 6.03. The van der Waals surface area contributed by atoms with E-state index >= 15 is 0 Å². The number of alkyl halides is 3. The lowest BCUT2D eigenvalue weighted by atomic mass is 10.1. The van der Waals surface area contributed by atoms with E-state index in [0.717, 1.165) is 30.3 Å². The third-order valence-electron chi connectivity index (χ3n) is 2.89. The van der Waals surface area contributed by atoms with Crippen LogP contribution in [0.4, 0.5) is 28.9 Å². The van der Waals surface area contributed by atoms with Crippen LogP contribution in [-0.2, 0) is 6.18 Å². The number of carbonyl (C=O) groups excluding carboxylic acids is 1. The Bertz CT molecular complexity index is 775.